The van der Waals surface area contributed by atoms with E-state index in [1.165, 1.54) is 7.11 Å². The number of rotatable bonds is 4. The monoisotopic (exact) mass is 495 g/mol. The number of amides is 1. The lowest BCUT2D eigenvalue weighted by atomic mass is 10.1. The van der Waals surface area contributed by atoms with E-state index >= 15 is 0 Å². The third-order valence-corrected chi connectivity index (χ3v) is 5.24. The maximum atomic E-state index is 12.8. The summed E-state index contributed by atoms with van der Waals surface area (Å²) in [7, 11) is 1.53. The van der Waals surface area contributed by atoms with Gasteiger partial charge in [0, 0.05) is 15.7 Å². The van der Waals surface area contributed by atoms with Crippen LogP contribution in [0.15, 0.2) is 69.6 Å². The zero-order chi connectivity index (χ0) is 22.0. The molecule has 6 nitrogen and oxygen atoms in total. The van der Waals surface area contributed by atoms with Gasteiger partial charge >= 0.3 is 0 Å². The smallest absolute Gasteiger partial charge is 0.261 e. The van der Waals surface area contributed by atoms with Crippen LogP contribution in [-0.2, 0) is 0 Å². The van der Waals surface area contributed by atoms with Gasteiger partial charge in [-0.15, -0.1) is 0 Å². The predicted octanol–water partition coefficient (Wildman–Crippen LogP) is 5.70. The van der Waals surface area contributed by atoms with Crippen molar-refractivity contribution in [2.24, 2.45) is 0 Å². The molecule has 0 atom stereocenters. The largest absolute Gasteiger partial charge is 0.496 e. The third kappa shape index (κ3) is 4.60. The van der Waals surface area contributed by atoms with E-state index in [9.17, 15) is 4.79 Å². The molecule has 1 aromatic heterocycles. The lowest BCUT2D eigenvalue weighted by Crippen LogP contribution is -2.34. The Bertz CT molecular complexity index is 1270. The van der Waals surface area contributed by atoms with Crippen molar-refractivity contribution in [3.05, 3.63) is 76.3 Å². The standard InChI is InChI=1S/C23H18BrN3O3S/c1-13-10-15(24)12-17(20(13)29-2)21(28)27-23(31)25-16-7-5-6-14(11-16)22-26-18-8-3-4-9-19(18)30-22/h3-12H,1-2H3,(H2,25,27,28,31). The quantitative estimate of drug-likeness (QED) is 0.353. The molecule has 0 aliphatic rings. The van der Waals surface area contributed by atoms with Crippen LogP contribution in [0.1, 0.15) is 15.9 Å². The highest BCUT2D eigenvalue weighted by Crippen LogP contribution is 2.28. The molecule has 2 N–H and O–H groups in total. The topological polar surface area (TPSA) is 76.4 Å². The summed E-state index contributed by atoms with van der Waals surface area (Å²) < 4.78 is 12.0. The van der Waals surface area contributed by atoms with Gasteiger partial charge in [-0.1, -0.05) is 34.1 Å². The molecule has 1 amide bonds. The summed E-state index contributed by atoms with van der Waals surface area (Å²) in [6, 6.07) is 18.6. The SMILES string of the molecule is COc1c(C)cc(Br)cc1C(=O)NC(=S)Nc1cccc(-c2nc3ccccc3o2)c1. The van der Waals surface area contributed by atoms with Crippen molar-refractivity contribution in [1.29, 1.82) is 0 Å². The number of hydrogen-bond donors (Lipinski definition) is 2. The number of nitrogens with zero attached hydrogens (tertiary/aromatic N) is 1. The molecule has 0 fully saturated rings. The van der Waals surface area contributed by atoms with E-state index in [0.717, 1.165) is 26.7 Å². The first-order valence-electron chi connectivity index (χ1n) is 9.37. The number of benzene rings is 3. The number of hydrogen-bond acceptors (Lipinski definition) is 5. The molecule has 1 heterocycles. The van der Waals surface area contributed by atoms with Gasteiger partial charge in [-0.05, 0) is 67.2 Å². The number of aromatic nitrogens is 1. The zero-order valence-electron chi connectivity index (χ0n) is 16.7. The molecule has 0 saturated heterocycles. The Morgan fingerprint density at radius 3 is 2.71 bits per heavy atom. The van der Waals surface area contributed by atoms with Gasteiger partial charge in [-0.3, -0.25) is 10.1 Å². The van der Waals surface area contributed by atoms with Gasteiger partial charge in [0.05, 0.1) is 12.7 Å². The fraction of sp³-hybridized carbons (Fsp3) is 0.0870. The Hall–Kier alpha value is -3.23. The van der Waals surface area contributed by atoms with E-state index in [1.54, 1.807) is 6.07 Å². The van der Waals surface area contributed by atoms with Crippen LogP contribution >= 0.6 is 28.1 Å². The number of thiocarbonyl (C=S) groups is 1. The first-order chi connectivity index (χ1) is 14.9. The average Bonchev–Trinajstić information content (AvgIpc) is 3.17. The van der Waals surface area contributed by atoms with Crippen LogP contribution in [-0.4, -0.2) is 23.1 Å². The van der Waals surface area contributed by atoms with E-state index in [1.807, 2.05) is 61.5 Å². The minimum absolute atomic E-state index is 0.166. The molecule has 0 spiro atoms. The molecule has 0 unspecified atom stereocenters. The molecule has 8 heteroatoms. The maximum Gasteiger partial charge on any atom is 0.261 e. The van der Waals surface area contributed by atoms with Crippen molar-refractivity contribution in [2.75, 3.05) is 12.4 Å². The number of methoxy groups -OCH3 is 1. The average molecular weight is 496 g/mol. The number of anilines is 1. The van der Waals surface area contributed by atoms with Crippen LogP contribution in [0.5, 0.6) is 5.75 Å². The molecule has 0 aliphatic heterocycles. The molecule has 31 heavy (non-hydrogen) atoms. The number of halogens is 1. The summed E-state index contributed by atoms with van der Waals surface area (Å²) >= 11 is 8.74. The highest BCUT2D eigenvalue weighted by molar-refractivity contribution is 9.10. The number of oxazole rings is 1. The summed E-state index contributed by atoms with van der Waals surface area (Å²) in [6.45, 7) is 1.87. The fourth-order valence-corrected chi connectivity index (χ4v) is 4.01. The maximum absolute atomic E-state index is 12.8. The van der Waals surface area contributed by atoms with Crippen LogP contribution in [0.3, 0.4) is 0 Å². The van der Waals surface area contributed by atoms with Gasteiger partial charge in [-0.25, -0.2) is 4.98 Å². The zero-order valence-corrected chi connectivity index (χ0v) is 19.1. The third-order valence-electron chi connectivity index (χ3n) is 4.58. The molecule has 4 aromatic rings. The summed E-state index contributed by atoms with van der Waals surface area (Å²) in [5, 5.41) is 5.89. The Morgan fingerprint density at radius 1 is 1.13 bits per heavy atom. The molecule has 4 rings (SSSR count). The van der Waals surface area contributed by atoms with Crippen LogP contribution < -0.4 is 15.4 Å². The molecule has 0 bridgehead atoms. The van der Waals surface area contributed by atoms with Gasteiger partial charge in [0.1, 0.15) is 11.3 Å². The number of ether oxygens (including phenoxy) is 1. The van der Waals surface area contributed by atoms with E-state index in [0.29, 0.717) is 22.9 Å². The summed E-state index contributed by atoms with van der Waals surface area (Å²) in [4.78, 5) is 17.3. The number of nitrogens with one attached hydrogen (secondary N) is 2. The van der Waals surface area contributed by atoms with Gasteiger partial charge in [0.15, 0.2) is 10.7 Å². The normalized spacial score (nSPS) is 10.7. The van der Waals surface area contributed by atoms with Crippen LogP contribution in [0, 0.1) is 6.92 Å². The number of fused-ring (bicyclic) bond motifs is 1. The summed E-state index contributed by atoms with van der Waals surface area (Å²) in [6.07, 6.45) is 0. The Labute approximate surface area is 192 Å². The second-order valence-electron chi connectivity index (χ2n) is 6.78. The van der Waals surface area contributed by atoms with E-state index in [2.05, 4.69) is 31.5 Å². The first-order valence-corrected chi connectivity index (χ1v) is 10.6. The Balaban J connectivity index is 1.51. The molecular formula is C23H18BrN3O3S. The lowest BCUT2D eigenvalue weighted by Gasteiger charge is -2.14. The van der Waals surface area contributed by atoms with Crippen molar-refractivity contribution < 1.29 is 13.9 Å². The van der Waals surface area contributed by atoms with Gasteiger partial charge in [0.2, 0.25) is 5.89 Å². The minimum atomic E-state index is -0.367. The summed E-state index contributed by atoms with van der Waals surface area (Å²) in [5.41, 5.74) is 4.22. The van der Waals surface area contributed by atoms with Crippen molar-refractivity contribution in [3.63, 3.8) is 0 Å². The number of carbonyl (C=O) groups excluding carboxylic acids is 1. The Morgan fingerprint density at radius 2 is 1.94 bits per heavy atom. The minimum Gasteiger partial charge on any atom is -0.496 e. The van der Waals surface area contributed by atoms with Gasteiger partial charge < -0.3 is 14.5 Å². The van der Waals surface area contributed by atoms with Gasteiger partial charge in [-0.2, -0.15) is 0 Å². The number of carbonyl (C=O) groups is 1. The van der Waals surface area contributed by atoms with Crippen molar-refractivity contribution in [3.8, 4) is 17.2 Å². The van der Waals surface area contributed by atoms with Crippen LogP contribution in [0.25, 0.3) is 22.6 Å². The Kier molecular flexibility index (Phi) is 6.01. The predicted molar refractivity (Wildman–Crippen MR) is 129 cm³/mol. The highest BCUT2D eigenvalue weighted by Gasteiger charge is 2.17. The highest BCUT2D eigenvalue weighted by atomic mass is 79.9. The van der Waals surface area contributed by atoms with Gasteiger partial charge in [0.25, 0.3) is 5.91 Å². The van der Waals surface area contributed by atoms with E-state index in [-0.39, 0.29) is 11.0 Å². The van der Waals surface area contributed by atoms with E-state index < -0.39 is 0 Å². The summed E-state index contributed by atoms with van der Waals surface area (Å²) in [5.74, 6) is 0.643. The molecule has 3 aromatic carbocycles. The number of para-hydroxylation sites is 2. The van der Waals surface area contributed by atoms with Crippen LogP contribution in [0.2, 0.25) is 0 Å². The second kappa shape index (κ2) is 8.87. The van der Waals surface area contributed by atoms with Crippen LogP contribution in [0.4, 0.5) is 5.69 Å². The molecular weight excluding hydrogens is 478 g/mol. The van der Waals surface area contributed by atoms with E-state index in [4.69, 9.17) is 21.4 Å². The molecule has 156 valence electrons. The first kappa shape index (κ1) is 21.0. The van der Waals surface area contributed by atoms with Crippen molar-refractivity contribution >= 4 is 56.0 Å². The molecule has 0 aliphatic carbocycles. The fourth-order valence-electron chi connectivity index (χ4n) is 3.23. The number of aryl methyl sites for hydroxylation is 1. The van der Waals surface area contributed by atoms with Crippen molar-refractivity contribution in [2.45, 2.75) is 6.92 Å². The molecule has 0 radical (unpaired) electrons. The molecule has 0 saturated carbocycles. The lowest BCUT2D eigenvalue weighted by molar-refractivity contribution is 0.0974. The second-order valence-corrected chi connectivity index (χ2v) is 8.10. The van der Waals surface area contributed by atoms with Crippen molar-refractivity contribution in [1.82, 2.24) is 10.3 Å².